The fourth-order valence-corrected chi connectivity index (χ4v) is 3.78. The molecule has 130 valence electrons. The van der Waals surface area contributed by atoms with Gasteiger partial charge in [0, 0.05) is 18.5 Å². The molecule has 0 atom stereocenters. The van der Waals surface area contributed by atoms with Crippen LogP contribution in [-0.4, -0.2) is 29.7 Å². The standard InChI is InChI=1S/C21H29NO2/c1-16-6-5-7-18(12-16)13-17-8-10-21(11-9-17)14-22(15-21)19(23)24-20(2,3)4/h5-7,12-13H,8-11,14-15H2,1-4H3. The number of carbonyl (C=O) groups is 1. The third kappa shape index (κ3) is 4.00. The van der Waals surface area contributed by atoms with Crippen molar-refractivity contribution >= 4 is 12.2 Å². The number of ether oxygens (including phenoxy) is 1. The zero-order valence-corrected chi connectivity index (χ0v) is 15.4. The van der Waals surface area contributed by atoms with Gasteiger partial charge in [0.25, 0.3) is 0 Å². The lowest BCUT2D eigenvalue weighted by atomic mass is 9.67. The molecule has 0 N–H and O–H groups in total. The number of nitrogens with zero attached hydrogens (tertiary/aromatic N) is 1. The van der Waals surface area contributed by atoms with Crippen LogP contribution in [0.2, 0.25) is 0 Å². The zero-order chi connectivity index (χ0) is 17.4. The summed E-state index contributed by atoms with van der Waals surface area (Å²) in [4.78, 5) is 14.0. The van der Waals surface area contributed by atoms with Crippen LogP contribution in [0.15, 0.2) is 29.8 Å². The Labute approximate surface area is 145 Å². The molecule has 0 aromatic heterocycles. The average molecular weight is 327 g/mol. The maximum atomic E-state index is 12.1. The first-order chi connectivity index (χ1) is 11.2. The van der Waals surface area contributed by atoms with Crippen molar-refractivity contribution < 1.29 is 9.53 Å². The second-order valence-electron chi connectivity index (χ2n) is 8.55. The minimum Gasteiger partial charge on any atom is -0.444 e. The van der Waals surface area contributed by atoms with E-state index >= 15 is 0 Å². The van der Waals surface area contributed by atoms with Gasteiger partial charge in [-0.3, -0.25) is 0 Å². The van der Waals surface area contributed by atoms with Crippen LogP contribution in [0.25, 0.3) is 6.08 Å². The van der Waals surface area contributed by atoms with Crippen molar-refractivity contribution in [2.24, 2.45) is 5.41 Å². The highest BCUT2D eigenvalue weighted by molar-refractivity contribution is 5.69. The Balaban J connectivity index is 1.52. The van der Waals surface area contributed by atoms with E-state index in [9.17, 15) is 4.79 Å². The number of benzene rings is 1. The van der Waals surface area contributed by atoms with Crippen molar-refractivity contribution in [1.82, 2.24) is 4.90 Å². The lowest BCUT2D eigenvalue weighted by molar-refractivity contribution is -0.0444. The molecule has 1 saturated heterocycles. The number of hydrogen-bond donors (Lipinski definition) is 0. The molecule has 0 radical (unpaired) electrons. The van der Waals surface area contributed by atoms with E-state index in [4.69, 9.17) is 4.74 Å². The van der Waals surface area contributed by atoms with Crippen LogP contribution in [0.1, 0.15) is 57.6 Å². The predicted molar refractivity (Wildman–Crippen MR) is 97.9 cm³/mol. The molecule has 1 aromatic carbocycles. The quantitative estimate of drug-likeness (QED) is 0.710. The van der Waals surface area contributed by atoms with Gasteiger partial charge in [-0.15, -0.1) is 0 Å². The normalized spacial score (nSPS) is 19.8. The summed E-state index contributed by atoms with van der Waals surface area (Å²) in [6.45, 7) is 9.62. The SMILES string of the molecule is Cc1cccc(C=C2CCC3(CC2)CN(C(=O)OC(C)(C)C)C3)c1. The lowest BCUT2D eigenvalue weighted by Crippen LogP contribution is -2.59. The summed E-state index contributed by atoms with van der Waals surface area (Å²) in [5.41, 5.74) is 4.09. The van der Waals surface area contributed by atoms with Crippen LogP contribution >= 0.6 is 0 Å². The Morgan fingerprint density at radius 1 is 1.21 bits per heavy atom. The van der Waals surface area contributed by atoms with Gasteiger partial charge in [0.2, 0.25) is 0 Å². The van der Waals surface area contributed by atoms with Crippen LogP contribution < -0.4 is 0 Å². The summed E-state index contributed by atoms with van der Waals surface area (Å²) < 4.78 is 5.46. The number of rotatable bonds is 1. The van der Waals surface area contributed by atoms with E-state index in [1.54, 1.807) is 5.57 Å². The van der Waals surface area contributed by atoms with Gasteiger partial charge in [0.05, 0.1) is 0 Å². The maximum absolute atomic E-state index is 12.1. The van der Waals surface area contributed by atoms with E-state index in [1.807, 2.05) is 25.7 Å². The molecule has 1 aromatic rings. The average Bonchev–Trinajstić information content (AvgIpc) is 2.44. The Hall–Kier alpha value is -1.77. The topological polar surface area (TPSA) is 29.5 Å². The maximum Gasteiger partial charge on any atom is 0.410 e. The first kappa shape index (κ1) is 17.1. The third-order valence-electron chi connectivity index (χ3n) is 5.07. The Morgan fingerprint density at radius 2 is 1.88 bits per heavy atom. The highest BCUT2D eigenvalue weighted by Gasteiger charge is 2.47. The van der Waals surface area contributed by atoms with Gasteiger partial charge in [0.15, 0.2) is 0 Å². The van der Waals surface area contributed by atoms with Crippen LogP contribution in [0.3, 0.4) is 0 Å². The van der Waals surface area contributed by atoms with E-state index < -0.39 is 5.60 Å². The van der Waals surface area contributed by atoms with Gasteiger partial charge in [-0.25, -0.2) is 4.79 Å². The number of allylic oxidation sites excluding steroid dienone is 1. The van der Waals surface area contributed by atoms with Gasteiger partial charge in [0.1, 0.15) is 5.60 Å². The van der Waals surface area contributed by atoms with Gasteiger partial charge in [-0.1, -0.05) is 41.5 Å². The van der Waals surface area contributed by atoms with Crippen molar-refractivity contribution in [1.29, 1.82) is 0 Å². The first-order valence-corrected chi connectivity index (χ1v) is 8.99. The second-order valence-corrected chi connectivity index (χ2v) is 8.55. The fourth-order valence-electron chi connectivity index (χ4n) is 3.78. The van der Waals surface area contributed by atoms with E-state index in [2.05, 4.69) is 37.3 Å². The van der Waals surface area contributed by atoms with E-state index in [1.165, 1.54) is 24.0 Å². The summed E-state index contributed by atoms with van der Waals surface area (Å²) in [6.07, 6.45) is 6.86. The van der Waals surface area contributed by atoms with E-state index in [0.717, 1.165) is 25.9 Å². The molecule has 3 nitrogen and oxygen atoms in total. The molecule has 3 rings (SSSR count). The summed E-state index contributed by atoms with van der Waals surface area (Å²) in [6, 6.07) is 8.68. The van der Waals surface area contributed by atoms with Gasteiger partial charge in [-0.2, -0.15) is 0 Å². The Bertz CT molecular complexity index is 636. The molecule has 0 unspecified atom stereocenters. The molecular weight excluding hydrogens is 298 g/mol. The molecule has 3 heteroatoms. The third-order valence-corrected chi connectivity index (χ3v) is 5.07. The number of carbonyl (C=O) groups excluding carboxylic acids is 1. The predicted octanol–water partition coefficient (Wildman–Crippen LogP) is 5.19. The van der Waals surface area contributed by atoms with Crippen molar-refractivity contribution in [3.8, 4) is 0 Å². The number of hydrogen-bond acceptors (Lipinski definition) is 2. The van der Waals surface area contributed by atoms with Crippen LogP contribution in [0, 0.1) is 12.3 Å². The van der Waals surface area contributed by atoms with Crippen molar-refractivity contribution in [2.75, 3.05) is 13.1 Å². The number of amides is 1. The molecule has 24 heavy (non-hydrogen) atoms. The summed E-state index contributed by atoms with van der Waals surface area (Å²) >= 11 is 0. The summed E-state index contributed by atoms with van der Waals surface area (Å²) in [5.74, 6) is 0. The molecule has 1 spiro atoms. The smallest absolute Gasteiger partial charge is 0.410 e. The number of likely N-dealkylation sites (tertiary alicyclic amines) is 1. The molecule has 0 bridgehead atoms. The van der Waals surface area contributed by atoms with Crippen molar-refractivity contribution in [2.45, 2.75) is 59.0 Å². The molecule has 2 fully saturated rings. The fraction of sp³-hybridized carbons (Fsp3) is 0.571. The molecule has 1 heterocycles. The van der Waals surface area contributed by atoms with E-state index in [0.29, 0.717) is 5.41 Å². The van der Waals surface area contributed by atoms with E-state index in [-0.39, 0.29) is 6.09 Å². The largest absolute Gasteiger partial charge is 0.444 e. The molecule has 1 aliphatic carbocycles. The van der Waals surface area contributed by atoms with Crippen LogP contribution in [0.4, 0.5) is 4.79 Å². The Kier molecular flexibility index (Phi) is 4.46. The highest BCUT2D eigenvalue weighted by Crippen LogP contribution is 2.46. The minimum atomic E-state index is -0.407. The van der Waals surface area contributed by atoms with Crippen LogP contribution in [-0.2, 0) is 4.74 Å². The molecule has 1 aliphatic heterocycles. The first-order valence-electron chi connectivity index (χ1n) is 8.99. The molecule has 2 aliphatic rings. The molecular formula is C21H29NO2. The highest BCUT2D eigenvalue weighted by atomic mass is 16.6. The second kappa shape index (κ2) is 6.27. The van der Waals surface area contributed by atoms with Crippen molar-refractivity contribution in [3.63, 3.8) is 0 Å². The summed E-state index contributed by atoms with van der Waals surface area (Å²) in [5, 5.41) is 0. The summed E-state index contributed by atoms with van der Waals surface area (Å²) in [7, 11) is 0. The van der Waals surface area contributed by atoms with Crippen LogP contribution in [0.5, 0.6) is 0 Å². The minimum absolute atomic E-state index is 0.158. The molecule has 1 saturated carbocycles. The van der Waals surface area contributed by atoms with Crippen molar-refractivity contribution in [3.05, 3.63) is 41.0 Å². The molecule has 1 amide bonds. The van der Waals surface area contributed by atoms with Gasteiger partial charge < -0.3 is 9.64 Å². The van der Waals surface area contributed by atoms with Gasteiger partial charge >= 0.3 is 6.09 Å². The monoisotopic (exact) mass is 327 g/mol. The Morgan fingerprint density at radius 3 is 2.46 bits per heavy atom. The lowest BCUT2D eigenvalue weighted by Gasteiger charge is -2.52. The number of aryl methyl sites for hydroxylation is 1. The van der Waals surface area contributed by atoms with Gasteiger partial charge in [-0.05, 0) is 58.9 Å². The zero-order valence-electron chi connectivity index (χ0n) is 15.4.